The van der Waals surface area contributed by atoms with Gasteiger partial charge < -0.3 is 15.1 Å². The van der Waals surface area contributed by atoms with Crippen molar-refractivity contribution < 1.29 is 10.2 Å². The highest BCUT2D eigenvalue weighted by atomic mass is 16.3. The van der Waals surface area contributed by atoms with Crippen LogP contribution in [0.2, 0.25) is 0 Å². The molecule has 4 heteroatoms. The van der Waals surface area contributed by atoms with Gasteiger partial charge in [0.1, 0.15) is 11.8 Å². The highest BCUT2D eigenvalue weighted by Gasteiger charge is 2.24. The number of aliphatic hydroxyl groups excluding tert-OH is 2. The highest BCUT2D eigenvalue weighted by Crippen LogP contribution is 2.27. The van der Waals surface area contributed by atoms with Crippen LogP contribution in [0.1, 0.15) is 43.4 Å². The molecule has 0 saturated heterocycles. The molecule has 0 bridgehead atoms. The Morgan fingerprint density at radius 2 is 1.56 bits per heavy atom. The summed E-state index contributed by atoms with van der Waals surface area (Å²) in [5.74, 6) is -0.283. The van der Waals surface area contributed by atoms with Gasteiger partial charge in [0, 0.05) is 13.0 Å². The molecule has 0 aromatic heterocycles. The topological polar surface area (TPSA) is 67.5 Å². The van der Waals surface area contributed by atoms with E-state index in [1.165, 1.54) is 0 Å². The minimum atomic E-state index is -0.723. The van der Waals surface area contributed by atoms with Crippen LogP contribution in [0.4, 0.5) is 0 Å². The Labute approximate surface area is 162 Å². The summed E-state index contributed by atoms with van der Waals surface area (Å²) in [7, 11) is 1.80. The van der Waals surface area contributed by atoms with E-state index in [-0.39, 0.29) is 12.0 Å². The van der Waals surface area contributed by atoms with Crippen LogP contribution in [0, 0.1) is 11.3 Å². The molecule has 0 heterocycles. The van der Waals surface area contributed by atoms with E-state index in [0.29, 0.717) is 12.1 Å². The second-order valence-corrected chi connectivity index (χ2v) is 6.78. The zero-order valence-corrected chi connectivity index (χ0v) is 16.2. The molecule has 4 nitrogen and oxygen atoms in total. The number of benzene rings is 2. The fourth-order valence-electron chi connectivity index (χ4n) is 3.12. The maximum atomic E-state index is 10.7. The van der Waals surface area contributed by atoms with Crippen LogP contribution < -0.4 is 0 Å². The van der Waals surface area contributed by atoms with Gasteiger partial charge in [0.05, 0.1) is 18.2 Å². The summed E-state index contributed by atoms with van der Waals surface area (Å²) in [6, 6.07) is 21.0. The van der Waals surface area contributed by atoms with Gasteiger partial charge in [-0.15, -0.1) is 0 Å². The summed E-state index contributed by atoms with van der Waals surface area (Å²) in [4.78, 5) is 1.77. The van der Waals surface area contributed by atoms with E-state index in [1.54, 1.807) is 18.0 Å². The second kappa shape index (κ2) is 9.91. The molecule has 2 N–H and O–H groups in total. The highest BCUT2D eigenvalue weighted by molar-refractivity contribution is 5.31. The van der Waals surface area contributed by atoms with Crippen molar-refractivity contribution in [3.05, 3.63) is 83.6 Å². The lowest BCUT2D eigenvalue weighted by atomic mass is 9.90. The number of likely N-dealkylation sites (N-methyl/N-ethyl adjacent to an activating group) is 1. The molecule has 0 saturated carbocycles. The number of rotatable bonds is 8. The third-order valence-corrected chi connectivity index (χ3v) is 5.06. The lowest BCUT2D eigenvalue weighted by Crippen LogP contribution is -2.34. The SMILES string of the molecule is CC[C@@H](O)[C@@H](/C=C(/C#N)N(C)[C@@H](C)[C@H](O)c1ccccc1)c1ccccc1. The summed E-state index contributed by atoms with van der Waals surface area (Å²) < 4.78 is 0. The smallest absolute Gasteiger partial charge is 0.117 e. The van der Waals surface area contributed by atoms with Crippen molar-refractivity contribution in [2.24, 2.45) is 0 Å². The van der Waals surface area contributed by atoms with Crippen LogP contribution in [0.15, 0.2) is 72.4 Å². The number of hydrogen-bond donors (Lipinski definition) is 2. The Kier molecular flexibility index (Phi) is 7.60. The third kappa shape index (κ3) is 5.19. The van der Waals surface area contributed by atoms with Gasteiger partial charge in [0.15, 0.2) is 0 Å². The Hall–Kier alpha value is -2.61. The molecule has 0 radical (unpaired) electrons. The Morgan fingerprint density at radius 3 is 2.04 bits per heavy atom. The first kappa shape index (κ1) is 20.7. The van der Waals surface area contributed by atoms with E-state index >= 15 is 0 Å². The summed E-state index contributed by atoms with van der Waals surface area (Å²) in [6.45, 7) is 3.81. The number of hydrogen-bond acceptors (Lipinski definition) is 4. The van der Waals surface area contributed by atoms with Crippen LogP contribution in [0.3, 0.4) is 0 Å². The van der Waals surface area contributed by atoms with Gasteiger partial charge in [-0.2, -0.15) is 5.26 Å². The van der Waals surface area contributed by atoms with Gasteiger partial charge in [-0.1, -0.05) is 67.6 Å². The van der Waals surface area contributed by atoms with E-state index in [4.69, 9.17) is 0 Å². The number of aliphatic hydroxyl groups is 2. The third-order valence-electron chi connectivity index (χ3n) is 5.06. The first-order valence-corrected chi connectivity index (χ1v) is 9.30. The quantitative estimate of drug-likeness (QED) is 0.695. The summed E-state index contributed by atoms with van der Waals surface area (Å²) >= 11 is 0. The number of nitrogens with zero attached hydrogens (tertiary/aromatic N) is 2. The molecule has 0 aliphatic carbocycles. The maximum absolute atomic E-state index is 10.7. The molecule has 0 aliphatic heterocycles. The fourth-order valence-corrected chi connectivity index (χ4v) is 3.12. The molecule has 0 unspecified atom stereocenters. The molecule has 2 aromatic rings. The minimum absolute atomic E-state index is 0.283. The van der Waals surface area contributed by atoms with E-state index in [0.717, 1.165) is 11.1 Å². The van der Waals surface area contributed by atoms with Crippen LogP contribution in [-0.4, -0.2) is 34.3 Å². The standard InChI is InChI=1S/C23H28N2O2/c1-4-22(26)21(18-11-7-5-8-12-18)15-20(16-24)25(3)17(2)23(27)19-13-9-6-10-14-19/h5-15,17,21-23,26-27H,4H2,1-3H3/b20-15-/t17-,21-,22+,23-/m0/s1. The van der Waals surface area contributed by atoms with Crippen LogP contribution in [0.25, 0.3) is 0 Å². The Bertz CT molecular complexity index is 768. The molecule has 0 spiro atoms. The van der Waals surface area contributed by atoms with Gasteiger partial charge >= 0.3 is 0 Å². The predicted octanol–water partition coefficient (Wildman–Crippen LogP) is 4.00. The van der Waals surface area contributed by atoms with Crippen molar-refractivity contribution in [1.29, 1.82) is 5.26 Å². The van der Waals surface area contributed by atoms with Gasteiger partial charge in [0.25, 0.3) is 0 Å². The number of allylic oxidation sites excluding steroid dienone is 1. The molecular formula is C23H28N2O2. The maximum Gasteiger partial charge on any atom is 0.117 e. The zero-order valence-electron chi connectivity index (χ0n) is 16.2. The van der Waals surface area contributed by atoms with Gasteiger partial charge in [-0.3, -0.25) is 0 Å². The molecule has 142 valence electrons. The molecule has 27 heavy (non-hydrogen) atoms. The zero-order chi connectivity index (χ0) is 19.8. The monoisotopic (exact) mass is 364 g/mol. The van der Waals surface area contributed by atoms with E-state index in [2.05, 4.69) is 6.07 Å². The fraction of sp³-hybridized carbons (Fsp3) is 0.348. The normalized spacial score (nSPS) is 16.1. The summed E-state index contributed by atoms with van der Waals surface area (Å²) in [5, 5.41) is 30.9. The second-order valence-electron chi connectivity index (χ2n) is 6.78. The van der Waals surface area contributed by atoms with E-state index in [1.807, 2.05) is 74.5 Å². The minimum Gasteiger partial charge on any atom is -0.392 e. The first-order valence-electron chi connectivity index (χ1n) is 9.30. The van der Waals surface area contributed by atoms with Crippen molar-refractivity contribution in [2.45, 2.75) is 44.4 Å². The van der Waals surface area contributed by atoms with Crippen molar-refractivity contribution >= 4 is 0 Å². The lowest BCUT2D eigenvalue weighted by Gasteiger charge is -2.31. The van der Waals surface area contributed by atoms with Gasteiger partial charge in [-0.25, -0.2) is 0 Å². The summed E-state index contributed by atoms with van der Waals surface area (Å²) in [5.41, 5.74) is 2.20. The lowest BCUT2D eigenvalue weighted by molar-refractivity contribution is 0.0905. The van der Waals surface area contributed by atoms with Gasteiger partial charge in [-0.05, 0) is 30.5 Å². The van der Waals surface area contributed by atoms with Crippen molar-refractivity contribution in [1.82, 2.24) is 4.90 Å². The average molecular weight is 364 g/mol. The summed E-state index contributed by atoms with van der Waals surface area (Å²) in [6.07, 6.45) is 1.08. The number of nitriles is 1. The molecule has 4 atom stereocenters. The van der Waals surface area contributed by atoms with E-state index in [9.17, 15) is 15.5 Å². The molecule has 0 fully saturated rings. The van der Waals surface area contributed by atoms with Crippen molar-refractivity contribution in [2.75, 3.05) is 7.05 Å². The van der Waals surface area contributed by atoms with Gasteiger partial charge in [0.2, 0.25) is 0 Å². The predicted molar refractivity (Wildman–Crippen MR) is 108 cm³/mol. The Balaban J connectivity index is 2.30. The van der Waals surface area contributed by atoms with Crippen LogP contribution in [-0.2, 0) is 0 Å². The molecule has 2 rings (SSSR count). The van der Waals surface area contributed by atoms with Crippen molar-refractivity contribution in [3.8, 4) is 6.07 Å². The molecular weight excluding hydrogens is 336 g/mol. The van der Waals surface area contributed by atoms with Crippen LogP contribution >= 0.6 is 0 Å². The van der Waals surface area contributed by atoms with Crippen molar-refractivity contribution in [3.63, 3.8) is 0 Å². The first-order chi connectivity index (χ1) is 13.0. The molecule has 2 aromatic carbocycles. The van der Waals surface area contributed by atoms with Crippen LogP contribution in [0.5, 0.6) is 0 Å². The largest absolute Gasteiger partial charge is 0.392 e. The van der Waals surface area contributed by atoms with E-state index < -0.39 is 12.2 Å². The molecule has 0 aliphatic rings. The Morgan fingerprint density at radius 1 is 1.04 bits per heavy atom. The average Bonchev–Trinajstić information content (AvgIpc) is 2.73. The molecule has 0 amide bonds.